The number of alkyl halides is 2. The van der Waals surface area contributed by atoms with Gasteiger partial charge in [-0.05, 0) is 37.5 Å². The molecule has 3 aliphatic carbocycles. The van der Waals surface area contributed by atoms with Gasteiger partial charge in [-0.1, -0.05) is 0 Å². The van der Waals surface area contributed by atoms with Crippen LogP contribution in [0, 0.1) is 23.7 Å². The molecule has 3 aliphatic rings. The summed E-state index contributed by atoms with van der Waals surface area (Å²) >= 11 is 0. The molecule has 0 spiro atoms. The number of carbonyl (C=O) groups is 2. The van der Waals surface area contributed by atoms with Crippen LogP contribution in [0.3, 0.4) is 0 Å². The van der Waals surface area contributed by atoms with E-state index in [1.165, 1.54) is 0 Å². The standard InChI is InChI=1S/C12H14F2O6S/c13-12(14,21(17,18)19)11(16)20-7-2-5-1-6-3-8(5)9(4-7)10(6)15/h5-9H,1-4H2,(H,17,18,19)/t5?,6?,7?,8?,9-/m1/s1. The minimum atomic E-state index is -5.86. The highest BCUT2D eigenvalue weighted by molar-refractivity contribution is 7.87. The highest BCUT2D eigenvalue weighted by Crippen LogP contribution is 2.56. The second-order valence-electron chi connectivity index (χ2n) is 6.09. The smallest absolute Gasteiger partial charge is 0.457 e. The van der Waals surface area contributed by atoms with Crippen LogP contribution in [0.5, 0.6) is 0 Å². The first kappa shape index (κ1) is 14.8. The lowest BCUT2D eigenvalue weighted by Gasteiger charge is -2.38. The number of esters is 1. The molecule has 4 unspecified atom stereocenters. The Hall–Kier alpha value is -1.09. The maximum Gasteiger partial charge on any atom is 0.465 e. The van der Waals surface area contributed by atoms with Crippen molar-refractivity contribution in [2.45, 2.75) is 37.0 Å². The zero-order valence-electron chi connectivity index (χ0n) is 10.9. The van der Waals surface area contributed by atoms with Crippen molar-refractivity contribution < 1.29 is 36.1 Å². The van der Waals surface area contributed by atoms with Gasteiger partial charge in [-0.15, -0.1) is 0 Å². The van der Waals surface area contributed by atoms with Crippen LogP contribution in [0.15, 0.2) is 0 Å². The van der Waals surface area contributed by atoms with E-state index in [-0.39, 0.29) is 35.9 Å². The number of rotatable bonds is 3. The summed E-state index contributed by atoms with van der Waals surface area (Å²) in [5.41, 5.74) is 0. The van der Waals surface area contributed by atoms with Gasteiger partial charge in [0.05, 0.1) is 0 Å². The molecule has 3 saturated carbocycles. The van der Waals surface area contributed by atoms with E-state index in [0.717, 1.165) is 6.42 Å². The number of ether oxygens (including phenoxy) is 1. The first-order valence-corrected chi connectivity index (χ1v) is 8.15. The number of fused-ring (bicyclic) bond motifs is 1. The Kier molecular flexibility index (Phi) is 3.14. The first-order chi connectivity index (χ1) is 9.61. The zero-order valence-corrected chi connectivity index (χ0v) is 11.7. The van der Waals surface area contributed by atoms with Crippen molar-refractivity contribution in [2.75, 3.05) is 0 Å². The predicted octanol–water partition coefficient (Wildman–Crippen LogP) is 1.01. The van der Waals surface area contributed by atoms with E-state index in [2.05, 4.69) is 4.74 Å². The Morgan fingerprint density at radius 1 is 1.24 bits per heavy atom. The van der Waals surface area contributed by atoms with E-state index in [4.69, 9.17) is 4.55 Å². The lowest BCUT2D eigenvalue weighted by Crippen LogP contribution is -2.44. The summed E-state index contributed by atoms with van der Waals surface area (Å²) in [6, 6.07) is 0. The van der Waals surface area contributed by atoms with E-state index in [1.54, 1.807) is 0 Å². The molecule has 2 bridgehead atoms. The zero-order chi connectivity index (χ0) is 15.6. The molecule has 0 amide bonds. The largest absolute Gasteiger partial charge is 0.465 e. The average molecular weight is 324 g/mol. The van der Waals surface area contributed by atoms with E-state index in [9.17, 15) is 26.8 Å². The monoisotopic (exact) mass is 324 g/mol. The molecule has 9 heteroatoms. The second kappa shape index (κ2) is 4.45. The quantitative estimate of drug-likeness (QED) is 0.615. The summed E-state index contributed by atoms with van der Waals surface area (Å²) in [6.45, 7) is 0. The van der Waals surface area contributed by atoms with Crippen LogP contribution in [-0.4, -0.2) is 36.1 Å². The molecule has 1 N–H and O–H groups in total. The van der Waals surface area contributed by atoms with Gasteiger partial charge in [0.1, 0.15) is 11.9 Å². The molecule has 0 aliphatic heterocycles. The van der Waals surface area contributed by atoms with E-state index in [1.807, 2.05) is 0 Å². The number of ketones is 1. The van der Waals surface area contributed by atoms with Crippen molar-refractivity contribution in [1.82, 2.24) is 0 Å². The van der Waals surface area contributed by atoms with Crippen LogP contribution < -0.4 is 0 Å². The Labute approximate surface area is 119 Å². The highest BCUT2D eigenvalue weighted by Gasteiger charge is 2.58. The van der Waals surface area contributed by atoms with E-state index in [0.29, 0.717) is 12.8 Å². The molecule has 0 radical (unpaired) electrons. The van der Waals surface area contributed by atoms with Gasteiger partial charge < -0.3 is 4.74 Å². The fraction of sp³-hybridized carbons (Fsp3) is 0.833. The summed E-state index contributed by atoms with van der Waals surface area (Å²) in [4.78, 5) is 23.2. The minimum Gasteiger partial charge on any atom is -0.457 e. The van der Waals surface area contributed by atoms with Crippen molar-refractivity contribution in [3.05, 3.63) is 0 Å². The van der Waals surface area contributed by atoms with Crippen LogP contribution in [0.2, 0.25) is 0 Å². The van der Waals surface area contributed by atoms with Crippen molar-refractivity contribution >= 4 is 21.9 Å². The third-order valence-corrected chi connectivity index (χ3v) is 5.77. The van der Waals surface area contributed by atoms with Crippen molar-refractivity contribution in [3.8, 4) is 0 Å². The normalized spacial score (nSPS) is 38.6. The molecular weight excluding hydrogens is 310 g/mol. The topological polar surface area (TPSA) is 97.7 Å². The maximum absolute atomic E-state index is 13.2. The summed E-state index contributed by atoms with van der Waals surface area (Å²) in [5, 5.41) is -4.98. The molecule has 118 valence electrons. The molecular formula is C12H14F2O6S. The van der Waals surface area contributed by atoms with Crippen LogP contribution >= 0.6 is 0 Å². The second-order valence-corrected chi connectivity index (χ2v) is 7.55. The third-order valence-electron chi connectivity index (χ3n) is 4.95. The molecule has 3 rings (SSSR count). The molecule has 0 aromatic carbocycles. The number of hydrogen-bond acceptors (Lipinski definition) is 5. The van der Waals surface area contributed by atoms with E-state index >= 15 is 0 Å². The third kappa shape index (κ3) is 2.17. The van der Waals surface area contributed by atoms with Gasteiger partial charge in [0.25, 0.3) is 0 Å². The molecule has 6 nitrogen and oxygen atoms in total. The molecule has 5 atom stereocenters. The van der Waals surface area contributed by atoms with Crippen molar-refractivity contribution in [1.29, 1.82) is 0 Å². The summed E-state index contributed by atoms with van der Waals surface area (Å²) in [5.74, 6) is -2.03. The van der Waals surface area contributed by atoms with Gasteiger partial charge in [-0.25, -0.2) is 4.79 Å². The SMILES string of the molecule is O=C1C2CC3CC(OC(=O)C(F)(F)S(=O)(=O)O)C[C@@H]1C3C2. The number of hydrogen-bond donors (Lipinski definition) is 1. The number of carbonyl (C=O) groups excluding carboxylic acids is 2. The first-order valence-electron chi connectivity index (χ1n) is 6.71. The number of halogens is 2. The van der Waals surface area contributed by atoms with Crippen molar-refractivity contribution in [3.63, 3.8) is 0 Å². The molecule has 0 saturated heterocycles. The molecule has 0 aromatic rings. The lowest BCUT2D eigenvalue weighted by atomic mass is 9.69. The fourth-order valence-corrected chi connectivity index (χ4v) is 4.36. The Morgan fingerprint density at radius 2 is 1.90 bits per heavy atom. The van der Waals surface area contributed by atoms with Crippen LogP contribution in [-0.2, 0) is 24.4 Å². The van der Waals surface area contributed by atoms with Gasteiger partial charge in [-0.3, -0.25) is 9.35 Å². The van der Waals surface area contributed by atoms with Gasteiger partial charge in [0.2, 0.25) is 0 Å². The number of Topliss-reactive ketones (excluding diaryl/α,β-unsaturated/α-hetero) is 1. The maximum atomic E-state index is 13.2. The lowest BCUT2D eigenvalue weighted by molar-refractivity contribution is -0.172. The van der Waals surface area contributed by atoms with Crippen LogP contribution in [0.25, 0.3) is 0 Å². The Balaban J connectivity index is 1.70. The molecule has 0 aromatic heterocycles. The highest BCUT2D eigenvalue weighted by atomic mass is 32.2. The Bertz CT molecular complexity index is 601. The molecule has 3 fully saturated rings. The van der Waals surface area contributed by atoms with Gasteiger partial charge >= 0.3 is 21.3 Å². The van der Waals surface area contributed by atoms with Gasteiger partial charge in [0, 0.05) is 11.8 Å². The predicted molar refractivity (Wildman–Crippen MR) is 63.8 cm³/mol. The summed E-state index contributed by atoms with van der Waals surface area (Å²) in [6.07, 6.45) is 1.11. The Morgan fingerprint density at radius 3 is 2.48 bits per heavy atom. The van der Waals surface area contributed by atoms with Gasteiger partial charge in [0.15, 0.2) is 0 Å². The molecule has 21 heavy (non-hydrogen) atoms. The average Bonchev–Trinajstić information content (AvgIpc) is 2.89. The minimum absolute atomic E-state index is 0.0425. The van der Waals surface area contributed by atoms with Crippen LogP contribution in [0.1, 0.15) is 25.7 Å². The van der Waals surface area contributed by atoms with Gasteiger partial charge in [-0.2, -0.15) is 17.2 Å². The van der Waals surface area contributed by atoms with Crippen molar-refractivity contribution in [2.24, 2.45) is 23.7 Å². The van der Waals surface area contributed by atoms with Crippen LogP contribution in [0.4, 0.5) is 8.78 Å². The summed E-state index contributed by atoms with van der Waals surface area (Å²) < 4.78 is 60.2. The summed E-state index contributed by atoms with van der Waals surface area (Å²) in [7, 11) is -5.86. The fourth-order valence-electron chi connectivity index (χ4n) is 4.10. The van der Waals surface area contributed by atoms with E-state index < -0.39 is 27.4 Å². The molecule has 0 heterocycles.